The molecule has 0 aromatic carbocycles. The number of nitrogens with zero attached hydrogens (tertiary/aromatic N) is 3. The molecular formula is C13H21N3. The van der Waals surface area contributed by atoms with Crippen molar-refractivity contribution in [2.45, 2.75) is 19.8 Å². The first-order valence-electron chi connectivity index (χ1n) is 6.07. The van der Waals surface area contributed by atoms with Crippen LogP contribution in [0.4, 0.5) is 5.82 Å². The summed E-state index contributed by atoms with van der Waals surface area (Å²) >= 11 is 0. The fourth-order valence-electron chi connectivity index (χ4n) is 2.14. The molecule has 0 radical (unpaired) electrons. The Kier molecular flexibility index (Phi) is 3.44. The van der Waals surface area contributed by atoms with Gasteiger partial charge in [-0.05, 0) is 24.6 Å². The van der Waals surface area contributed by atoms with Gasteiger partial charge in [0.2, 0.25) is 0 Å². The number of likely N-dealkylation sites (N-methyl/N-ethyl adjacent to an activating group) is 1. The van der Waals surface area contributed by atoms with E-state index in [1.807, 2.05) is 12.3 Å². The van der Waals surface area contributed by atoms with Gasteiger partial charge in [-0.25, -0.2) is 4.98 Å². The van der Waals surface area contributed by atoms with Crippen LogP contribution in [0.25, 0.3) is 0 Å². The van der Waals surface area contributed by atoms with Gasteiger partial charge in [-0.2, -0.15) is 0 Å². The second-order valence-electron chi connectivity index (χ2n) is 4.86. The summed E-state index contributed by atoms with van der Waals surface area (Å²) in [7, 11) is 2.18. The van der Waals surface area contributed by atoms with Crippen LogP contribution < -0.4 is 4.90 Å². The maximum absolute atomic E-state index is 4.56. The minimum absolute atomic E-state index is 0.545. The zero-order valence-corrected chi connectivity index (χ0v) is 10.5. The fraction of sp³-hybridized carbons (Fsp3) is 0.615. The predicted molar refractivity (Wildman–Crippen MR) is 68.0 cm³/mol. The summed E-state index contributed by atoms with van der Waals surface area (Å²) < 4.78 is 0. The molecule has 0 N–H and O–H groups in total. The van der Waals surface area contributed by atoms with Crippen LogP contribution >= 0.6 is 0 Å². The predicted octanol–water partition coefficient (Wildman–Crippen LogP) is 1.96. The van der Waals surface area contributed by atoms with Gasteiger partial charge in [-0.3, -0.25) is 0 Å². The van der Waals surface area contributed by atoms with E-state index in [1.165, 1.54) is 11.4 Å². The van der Waals surface area contributed by atoms with Crippen molar-refractivity contribution in [1.29, 1.82) is 0 Å². The Hall–Kier alpha value is -1.09. The second kappa shape index (κ2) is 4.83. The highest BCUT2D eigenvalue weighted by atomic mass is 15.3. The van der Waals surface area contributed by atoms with Crippen molar-refractivity contribution in [3.8, 4) is 0 Å². The Labute approximate surface area is 98.1 Å². The van der Waals surface area contributed by atoms with Gasteiger partial charge in [-0.15, -0.1) is 0 Å². The Morgan fingerprint density at radius 2 is 1.88 bits per heavy atom. The number of anilines is 1. The van der Waals surface area contributed by atoms with Crippen LogP contribution in [0.2, 0.25) is 0 Å². The lowest BCUT2D eigenvalue weighted by Gasteiger charge is -2.34. The molecule has 1 aromatic heterocycles. The molecule has 1 fully saturated rings. The molecule has 1 saturated heterocycles. The van der Waals surface area contributed by atoms with E-state index in [4.69, 9.17) is 0 Å². The summed E-state index contributed by atoms with van der Waals surface area (Å²) in [5.41, 5.74) is 1.37. The molecule has 88 valence electrons. The van der Waals surface area contributed by atoms with E-state index in [2.05, 4.69) is 41.7 Å². The number of hydrogen-bond acceptors (Lipinski definition) is 3. The third-order valence-electron chi connectivity index (χ3n) is 3.24. The van der Waals surface area contributed by atoms with Crippen molar-refractivity contribution >= 4 is 5.82 Å². The molecule has 1 aromatic rings. The lowest BCUT2D eigenvalue weighted by molar-refractivity contribution is 0.311. The first-order chi connectivity index (χ1) is 7.68. The minimum Gasteiger partial charge on any atom is -0.354 e. The summed E-state index contributed by atoms with van der Waals surface area (Å²) in [5, 5.41) is 0. The van der Waals surface area contributed by atoms with Crippen LogP contribution in [-0.2, 0) is 0 Å². The largest absolute Gasteiger partial charge is 0.354 e. The van der Waals surface area contributed by atoms with Crippen molar-refractivity contribution in [2.75, 3.05) is 38.1 Å². The van der Waals surface area contributed by atoms with Crippen molar-refractivity contribution < 1.29 is 0 Å². The van der Waals surface area contributed by atoms with Crippen molar-refractivity contribution in [1.82, 2.24) is 9.88 Å². The van der Waals surface area contributed by atoms with Crippen molar-refractivity contribution in [2.24, 2.45) is 0 Å². The molecule has 2 heterocycles. The average Bonchev–Trinajstić information content (AvgIpc) is 2.30. The Bertz CT molecular complexity index is 341. The molecule has 16 heavy (non-hydrogen) atoms. The smallest absolute Gasteiger partial charge is 0.132 e. The third-order valence-corrected chi connectivity index (χ3v) is 3.24. The second-order valence-corrected chi connectivity index (χ2v) is 4.86. The molecule has 0 bridgehead atoms. The SMILES string of the molecule is CC(C)c1cccnc1N1CCN(C)CC1. The van der Waals surface area contributed by atoms with E-state index < -0.39 is 0 Å². The molecule has 0 atom stereocenters. The number of piperazine rings is 1. The van der Waals surface area contributed by atoms with Crippen molar-refractivity contribution in [3.63, 3.8) is 0 Å². The first kappa shape index (κ1) is 11.4. The van der Waals surface area contributed by atoms with Gasteiger partial charge in [0.1, 0.15) is 5.82 Å². The summed E-state index contributed by atoms with van der Waals surface area (Å²) in [6.07, 6.45) is 1.90. The highest BCUT2D eigenvalue weighted by molar-refractivity contribution is 5.48. The Morgan fingerprint density at radius 1 is 1.19 bits per heavy atom. The minimum atomic E-state index is 0.545. The van der Waals surface area contributed by atoms with E-state index in [-0.39, 0.29) is 0 Å². The first-order valence-corrected chi connectivity index (χ1v) is 6.07. The maximum atomic E-state index is 4.56. The highest BCUT2D eigenvalue weighted by Crippen LogP contribution is 2.25. The van der Waals surface area contributed by atoms with Crippen LogP contribution in [0.1, 0.15) is 25.3 Å². The average molecular weight is 219 g/mol. The van der Waals surface area contributed by atoms with Crippen LogP contribution in [0, 0.1) is 0 Å². The maximum Gasteiger partial charge on any atom is 0.132 e. The molecule has 0 saturated carbocycles. The topological polar surface area (TPSA) is 19.4 Å². The molecule has 0 aliphatic carbocycles. The van der Waals surface area contributed by atoms with Gasteiger partial charge in [0.25, 0.3) is 0 Å². The Morgan fingerprint density at radius 3 is 2.50 bits per heavy atom. The van der Waals surface area contributed by atoms with Gasteiger partial charge in [0.15, 0.2) is 0 Å². The Balaban J connectivity index is 2.19. The van der Waals surface area contributed by atoms with Gasteiger partial charge in [-0.1, -0.05) is 19.9 Å². The number of pyridine rings is 1. The summed E-state index contributed by atoms with van der Waals surface area (Å²) in [6.45, 7) is 8.91. The van der Waals surface area contributed by atoms with E-state index in [0.29, 0.717) is 5.92 Å². The van der Waals surface area contributed by atoms with Gasteiger partial charge < -0.3 is 9.80 Å². The van der Waals surface area contributed by atoms with E-state index in [0.717, 1.165) is 26.2 Å². The molecule has 0 spiro atoms. The van der Waals surface area contributed by atoms with E-state index in [1.54, 1.807) is 0 Å². The highest BCUT2D eigenvalue weighted by Gasteiger charge is 2.18. The molecule has 2 rings (SSSR count). The normalized spacial score (nSPS) is 18.1. The molecular weight excluding hydrogens is 198 g/mol. The number of rotatable bonds is 2. The quantitative estimate of drug-likeness (QED) is 0.758. The summed E-state index contributed by atoms with van der Waals surface area (Å²) in [6, 6.07) is 4.24. The fourth-order valence-corrected chi connectivity index (χ4v) is 2.14. The standard InChI is InChI=1S/C13H21N3/c1-11(2)12-5-4-6-14-13(12)16-9-7-15(3)8-10-16/h4-6,11H,7-10H2,1-3H3. The van der Waals surface area contributed by atoms with E-state index in [9.17, 15) is 0 Å². The van der Waals surface area contributed by atoms with E-state index >= 15 is 0 Å². The van der Waals surface area contributed by atoms with Crippen LogP contribution in [-0.4, -0.2) is 43.1 Å². The molecule has 3 heteroatoms. The lowest BCUT2D eigenvalue weighted by atomic mass is 10.0. The van der Waals surface area contributed by atoms with Gasteiger partial charge >= 0.3 is 0 Å². The van der Waals surface area contributed by atoms with Crippen LogP contribution in [0.15, 0.2) is 18.3 Å². The van der Waals surface area contributed by atoms with Gasteiger partial charge in [0, 0.05) is 32.4 Å². The number of hydrogen-bond donors (Lipinski definition) is 0. The number of aromatic nitrogens is 1. The molecule has 0 amide bonds. The molecule has 3 nitrogen and oxygen atoms in total. The summed E-state index contributed by atoms with van der Waals surface area (Å²) in [4.78, 5) is 9.34. The van der Waals surface area contributed by atoms with Gasteiger partial charge in [0.05, 0.1) is 0 Å². The molecule has 1 aliphatic heterocycles. The van der Waals surface area contributed by atoms with Crippen LogP contribution in [0.3, 0.4) is 0 Å². The zero-order valence-electron chi connectivity index (χ0n) is 10.5. The lowest BCUT2D eigenvalue weighted by Crippen LogP contribution is -2.45. The third kappa shape index (κ3) is 2.35. The zero-order chi connectivity index (χ0) is 11.5. The molecule has 0 unspecified atom stereocenters. The van der Waals surface area contributed by atoms with Crippen LogP contribution in [0.5, 0.6) is 0 Å². The summed E-state index contributed by atoms with van der Waals surface area (Å²) in [5.74, 6) is 1.73. The molecule has 1 aliphatic rings. The monoisotopic (exact) mass is 219 g/mol. The van der Waals surface area contributed by atoms with Crippen molar-refractivity contribution in [3.05, 3.63) is 23.9 Å².